The Labute approximate surface area is 127 Å². The minimum atomic E-state index is -0.146. The maximum atomic E-state index is 12.1. The Morgan fingerprint density at radius 2 is 1.91 bits per heavy atom. The standard InChI is InChI=1S/C18H16O4/c1-21-17-5-3-2-4-12(17)6-8-14-11-16(20)15-10-13(19)7-9-18(15)22-14/h2-5,7,9-11,19H,6,8H2,1H3. The van der Waals surface area contributed by atoms with Gasteiger partial charge >= 0.3 is 0 Å². The summed E-state index contributed by atoms with van der Waals surface area (Å²) in [7, 11) is 1.64. The highest BCUT2D eigenvalue weighted by atomic mass is 16.5. The number of hydrogen-bond acceptors (Lipinski definition) is 4. The maximum Gasteiger partial charge on any atom is 0.193 e. The molecule has 0 saturated heterocycles. The van der Waals surface area contributed by atoms with Crippen LogP contribution < -0.4 is 10.2 Å². The molecule has 1 heterocycles. The molecule has 0 aliphatic heterocycles. The summed E-state index contributed by atoms with van der Waals surface area (Å²) in [6, 6.07) is 13.8. The van der Waals surface area contributed by atoms with Gasteiger partial charge in [0.2, 0.25) is 0 Å². The summed E-state index contributed by atoms with van der Waals surface area (Å²) in [6.45, 7) is 0. The number of aryl methyl sites for hydroxylation is 2. The van der Waals surface area contributed by atoms with Gasteiger partial charge in [0, 0.05) is 12.5 Å². The first-order valence-corrected chi connectivity index (χ1v) is 7.05. The van der Waals surface area contributed by atoms with Gasteiger partial charge in [-0.25, -0.2) is 0 Å². The van der Waals surface area contributed by atoms with Gasteiger partial charge in [0.25, 0.3) is 0 Å². The number of fused-ring (bicyclic) bond motifs is 1. The second-order valence-corrected chi connectivity index (χ2v) is 5.07. The minimum absolute atomic E-state index is 0.0570. The van der Waals surface area contributed by atoms with Crippen LogP contribution in [0.1, 0.15) is 11.3 Å². The van der Waals surface area contributed by atoms with Crippen molar-refractivity contribution in [2.75, 3.05) is 7.11 Å². The lowest BCUT2D eigenvalue weighted by Crippen LogP contribution is -2.03. The van der Waals surface area contributed by atoms with Crippen LogP contribution in [-0.2, 0) is 12.8 Å². The van der Waals surface area contributed by atoms with Crippen molar-refractivity contribution < 1.29 is 14.3 Å². The second kappa shape index (κ2) is 5.93. The molecule has 0 unspecified atom stereocenters. The molecule has 0 atom stereocenters. The van der Waals surface area contributed by atoms with Crippen LogP contribution in [0.15, 0.2) is 57.7 Å². The van der Waals surface area contributed by atoms with Gasteiger partial charge in [-0.15, -0.1) is 0 Å². The van der Waals surface area contributed by atoms with E-state index < -0.39 is 0 Å². The molecule has 0 aliphatic rings. The lowest BCUT2D eigenvalue weighted by atomic mass is 10.1. The van der Waals surface area contributed by atoms with E-state index in [4.69, 9.17) is 9.15 Å². The van der Waals surface area contributed by atoms with Crippen molar-refractivity contribution >= 4 is 11.0 Å². The summed E-state index contributed by atoms with van der Waals surface area (Å²) in [5, 5.41) is 9.83. The molecule has 0 bridgehead atoms. The topological polar surface area (TPSA) is 59.7 Å². The third-order valence-electron chi connectivity index (χ3n) is 3.60. The van der Waals surface area contributed by atoms with Gasteiger partial charge in [0.05, 0.1) is 12.5 Å². The molecule has 0 amide bonds. The molecule has 1 aromatic heterocycles. The molecule has 0 fully saturated rings. The molecule has 4 nitrogen and oxygen atoms in total. The monoisotopic (exact) mass is 296 g/mol. The molecule has 0 saturated carbocycles. The van der Waals surface area contributed by atoms with Crippen LogP contribution in [0.5, 0.6) is 11.5 Å². The van der Waals surface area contributed by atoms with E-state index in [-0.39, 0.29) is 11.2 Å². The highest BCUT2D eigenvalue weighted by Crippen LogP contribution is 2.21. The van der Waals surface area contributed by atoms with E-state index >= 15 is 0 Å². The van der Waals surface area contributed by atoms with Crippen LogP contribution in [0.25, 0.3) is 11.0 Å². The average molecular weight is 296 g/mol. The Morgan fingerprint density at radius 3 is 2.73 bits per heavy atom. The van der Waals surface area contributed by atoms with E-state index in [1.54, 1.807) is 13.2 Å². The van der Waals surface area contributed by atoms with Gasteiger partial charge in [0.1, 0.15) is 22.8 Å². The van der Waals surface area contributed by atoms with Crippen LogP contribution in [0.3, 0.4) is 0 Å². The SMILES string of the molecule is COc1ccccc1CCc1cc(=O)c2cc(O)ccc2o1. The van der Waals surface area contributed by atoms with E-state index in [1.165, 1.54) is 18.2 Å². The van der Waals surface area contributed by atoms with Crippen molar-refractivity contribution in [3.63, 3.8) is 0 Å². The third kappa shape index (κ3) is 2.81. The molecule has 22 heavy (non-hydrogen) atoms. The normalized spacial score (nSPS) is 10.8. The van der Waals surface area contributed by atoms with Crippen molar-refractivity contribution in [3.8, 4) is 11.5 Å². The smallest absolute Gasteiger partial charge is 0.193 e. The van der Waals surface area contributed by atoms with Crippen molar-refractivity contribution in [2.45, 2.75) is 12.8 Å². The molecular weight excluding hydrogens is 280 g/mol. The minimum Gasteiger partial charge on any atom is -0.508 e. The van der Waals surface area contributed by atoms with E-state index in [1.807, 2.05) is 24.3 Å². The second-order valence-electron chi connectivity index (χ2n) is 5.07. The Bertz CT molecular complexity index is 864. The molecular formula is C18H16O4. The number of para-hydroxylation sites is 1. The molecule has 1 N–H and O–H groups in total. The fourth-order valence-corrected chi connectivity index (χ4v) is 2.48. The van der Waals surface area contributed by atoms with Crippen LogP contribution in [0.4, 0.5) is 0 Å². The van der Waals surface area contributed by atoms with Gasteiger partial charge in [0.15, 0.2) is 5.43 Å². The summed E-state index contributed by atoms with van der Waals surface area (Å²) in [4.78, 5) is 12.1. The number of ether oxygens (including phenoxy) is 1. The number of hydrogen-bond donors (Lipinski definition) is 1. The van der Waals surface area contributed by atoms with Crippen molar-refractivity contribution in [2.24, 2.45) is 0 Å². The highest BCUT2D eigenvalue weighted by Gasteiger charge is 2.08. The zero-order valence-electron chi connectivity index (χ0n) is 12.2. The first-order valence-electron chi connectivity index (χ1n) is 7.05. The predicted molar refractivity (Wildman–Crippen MR) is 84.6 cm³/mol. The number of rotatable bonds is 4. The molecule has 0 radical (unpaired) electrons. The van der Waals surface area contributed by atoms with E-state index in [9.17, 15) is 9.90 Å². The quantitative estimate of drug-likeness (QED) is 0.802. The zero-order valence-corrected chi connectivity index (χ0v) is 12.2. The Morgan fingerprint density at radius 1 is 1.09 bits per heavy atom. The maximum absolute atomic E-state index is 12.1. The Kier molecular flexibility index (Phi) is 3.83. The van der Waals surface area contributed by atoms with E-state index in [2.05, 4.69) is 0 Å². The first kappa shape index (κ1) is 14.2. The fraction of sp³-hybridized carbons (Fsp3) is 0.167. The van der Waals surface area contributed by atoms with Gasteiger partial charge in [-0.1, -0.05) is 18.2 Å². The zero-order chi connectivity index (χ0) is 15.5. The number of aromatic hydroxyl groups is 1. The van der Waals surface area contributed by atoms with Gasteiger partial charge in [-0.2, -0.15) is 0 Å². The molecule has 3 aromatic rings. The van der Waals surface area contributed by atoms with Crippen LogP contribution in [0.2, 0.25) is 0 Å². The van der Waals surface area contributed by atoms with Gasteiger partial charge in [-0.3, -0.25) is 4.79 Å². The summed E-state index contributed by atoms with van der Waals surface area (Å²) in [5.41, 5.74) is 1.41. The van der Waals surface area contributed by atoms with E-state index in [0.29, 0.717) is 23.2 Å². The third-order valence-corrected chi connectivity index (χ3v) is 3.60. The summed E-state index contributed by atoms with van der Waals surface area (Å²) >= 11 is 0. The van der Waals surface area contributed by atoms with Crippen molar-refractivity contribution in [1.82, 2.24) is 0 Å². The predicted octanol–water partition coefficient (Wildman–Crippen LogP) is 3.29. The molecule has 0 aliphatic carbocycles. The summed E-state index contributed by atoms with van der Waals surface area (Å²) in [6.07, 6.45) is 1.32. The fourth-order valence-electron chi connectivity index (χ4n) is 2.48. The summed E-state index contributed by atoms with van der Waals surface area (Å²) in [5.74, 6) is 1.51. The number of benzene rings is 2. The first-order chi connectivity index (χ1) is 10.7. The van der Waals surface area contributed by atoms with Crippen molar-refractivity contribution in [1.29, 1.82) is 0 Å². The number of phenolic OH excluding ortho intramolecular Hbond substituents is 1. The van der Waals surface area contributed by atoms with Crippen LogP contribution in [0, 0.1) is 0 Å². The van der Waals surface area contributed by atoms with Gasteiger partial charge < -0.3 is 14.3 Å². The van der Waals surface area contributed by atoms with Crippen LogP contribution >= 0.6 is 0 Å². The number of methoxy groups -OCH3 is 1. The molecule has 0 spiro atoms. The Hall–Kier alpha value is -2.75. The molecule has 2 aromatic carbocycles. The Balaban J connectivity index is 1.88. The van der Waals surface area contributed by atoms with E-state index in [0.717, 1.165) is 17.7 Å². The molecule has 112 valence electrons. The van der Waals surface area contributed by atoms with Crippen LogP contribution in [-0.4, -0.2) is 12.2 Å². The molecule has 3 rings (SSSR count). The van der Waals surface area contributed by atoms with Crippen molar-refractivity contribution in [3.05, 3.63) is 70.1 Å². The lowest BCUT2D eigenvalue weighted by Gasteiger charge is -2.08. The summed E-state index contributed by atoms with van der Waals surface area (Å²) < 4.78 is 11.1. The lowest BCUT2D eigenvalue weighted by molar-refractivity contribution is 0.409. The number of phenols is 1. The average Bonchev–Trinajstić information content (AvgIpc) is 2.54. The molecule has 4 heteroatoms. The largest absolute Gasteiger partial charge is 0.508 e. The highest BCUT2D eigenvalue weighted by molar-refractivity contribution is 5.77. The van der Waals surface area contributed by atoms with Gasteiger partial charge in [-0.05, 0) is 36.2 Å².